The number of rotatable bonds is 7. The highest BCUT2D eigenvalue weighted by Gasteiger charge is 2.12. The second kappa shape index (κ2) is 7.93. The second-order valence-corrected chi connectivity index (χ2v) is 5.82. The molecule has 1 atom stereocenters. The van der Waals surface area contributed by atoms with Gasteiger partial charge in [0.25, 0.3) is 0 Å². The highest BCUT2D eigenvalue weighted by molar-refractivity contribution is 9.10. The van der Waals surface area contributed by atoms with Gasteiger partial charge in [0, 0.05) is 23.1 Å². The van der Waals surface area contributed by atoms with Gasteiger partial charge >= 0.3 is 0 Å². The molecule has 1 rings (SSSR count). The average molecular weight is 313 g/mol. The van der Waals surface area contributed by atoms with Gasteiger partial charge in [-0.05, 0) is 51.6 Å². The Morgan fingerprint density at radius 2 is 1.83 bits per heavy atom. The van der Waals surface area contributed by atoms with Crippen molar-refractivity contribution < 1.29 is 0 Å². The first-order chi connectivity index (χ1) is 8.58. The number of hydrogen-bond donors (Lipinski definition) is 1. The van der Waals surface area contributed by atoms with Crippen molar-refractivity contribution in [3.8, 4) is 0 Å². The number of halogens is 1. The van der Waals surface area contributed by atoms with E-state index in [4.69, 9.17) is 0 Å². The van der Waals surface area contributed by atoms with Gasteiger partial charge in [0.1, 0.15) is 0 Å². The molecular weight excluding hydrogens is 288 g/mol. The normalized spacial score (nSPS) is 13.3. The van der Waals surface area contributed by atoms with Crippen molar-refractivity contribution in [3.63, 3.8) is 0 Å². The minimum Gasteiger partial charge on any atom is -0.313 e. The molecule has 0 saturated heterocycles. The molecule has 0 spiro atoms. The van der Waals surface area contributed by atoms with Crippen LogP contribution in [0.4, 0.5) is 0 Å². The molecule has 0 heterocycles. The highest BCUT2D eigenvalue weighted by Crippen LogP contribution is 2.20. The zero-order valence-corrected chi connectivity index (χ0v) is 13.5. The maximum absolute atomic E-state index is 3.48. The van der Waals surface area contributed by atoms with Crippen LogP contribution in [-0.2, 0) is 0 Å². The van der Waals surface area contributed by atoms with Crippen molar-refractivity contribution in [2.75, 3.05) is 20.1 Å². The minimum absolute atomic E-state index is 0.436. The molecule has 3 heteroatoms. The Hall–Kier alpha value is -0.380. The van der Waals surface area contributed by atoms with Crippen molar-refractivity contribution in [3.05, 3.63) is 34.3 Å². The summed E-state index contributed by atoms with van der Waals surface area (Å²) in [6.07, 6.45) is 1.14. The Balaban J connectivity index is 2.59. The van der Waals surface area contributed by atoms with Crippen molar-refractivity contribution in [2.24, 2.45) is 0 Å². The van der Waals surface area contributed by atoms with Crippen LogP contribution >= 0.6 is 15.9 Å². The summed E-state index contributed by atoms with van der Waals surface area (Å²) in [5.41, 5.74) is 1.36. The van der Waals surface area contributed by atoms with Gasteiger partial charge in [0.2, 0.25) is 0 Å². The van der Waals surface area contributed by atoms with Gasteiger partial charge in [-0.1, -0.05) is 35.0 Å². The third-order valence-electron chi connectivity index (χ3n) is 3.46. The van der Waals surface area contributed by atoms with Crippen molar-refractivity contribution >= 4 is 15.9 Å². The lowest BCUT2D eigenvalue weighted by atomic mass is 10.0. The van der Waals surface area contributed by atoms with Gasteiger partial charge in [-0.25, -0.2) is 0 Å². The molecule has 0 radical (unpaired) electrons. The Labute approximate surface area is 120 Å². The highest BCUT2D eigenvalue weighted by atomic mass is 79.9. The Morgan fingerprint density at radius 1 is 1.22 bits per heavy atom. The molecule has 1 N–H and O–H groups in total. The largest absolute Gasteiger partial charge is 0.313 e. The van der Waals surface area contributed by atoms with Gasteiger partial charge in [0.05, 0.1) is 0 Å². The average Bonchev–Trinajstić information content (AvgIpc) is 2.36. The van der Waals surface area contributed by atoms with Gasteiger partial charge < -0.3 is 10.2 Å². The molecule has 1 unspecified atom stereocenters. The van der Waals surface area contributed by atoms with E-state index < -0.39 is 0 Å². The number of hydrogen-bond acceptors (Lipinski definition) is 2. The van der Waals surface area contributed by atoms with Crippen molar-refractivity contribution in [1.29, 1.82) is 0 Å². The Kier molecular flexibility index (Phi) is 6.90. The number of nitrogens with one attached hydrogen (secondary N) is 1. The summed E-state index contributed by atoms with van der Waals surface area (Å²) < 4.78 is 1.14. The van der Waals surface area contributed by atoms with E-state index in [0.717, 1.165) is 24.0 Å². The Bertz CT molecular complexity index is 335. The van der Waals surface area contributed by atoms with Crippen molar-refractivity contribution in [2.45, 2.75) is 39.3 Å². The van der Waals surface area contributed by atoms with Gasteiger partial charge in [-0.3, -0.25) is 0 Å². The summed E-state index contributed by atoms with van der Waals surface area (Å²) >= 11 is 3.48. The zero-order chi connectivity index (χ0) is 13.5. The lowest BCUT2D eigenvalue weighted by Crippen LogP contribution is -2.33. The first kappa shape index (κ1) is 15.7. The van der Waals surface area contributed by atoms with Crippen LogP contribution in [0, 0.1) is 0 Å². The van der Waals surface area contributed by atoms with Crippen LogP contribution in [-0.4, -0.2) is 31.1 Å². The molecule has 0 bridgehead atoms. The smallest absolute Gasteiger partial charge is 0.0329 e. The summed E-state index contributed by atoms with van der Waals surface area (Å²) in [7, 11) is 2.04. The minimum atomic E-state index is 0.436. The van der Waals surface area contributed by atoms with Crippen LogP contribution in [0.2, 0.25) is 0 Å². The van der Waals surface area contributed by atoms with Crippen LogP contribution < -0.4 is 5.32 Å². The van der Waals surface area contributed by atoms with Crippen LogP contribution in [0.25, 0.3) is 0 Å². The van der Waals surface area contributed by atoms with E-state index in [1.165, 1.54) is 5.56 Å². The lowest BCUT2D eigenvalue weighted by molar-refractivity contribution is 0.221. The van der Waals surface area contributed by atoms with Gasteiger partial charge in [-0.2, -0.15) is 0 Å². The predicted molar refractivity (Wildman–Crippen MR) is 82.9 cm³/mol. The zero-order valence-electron chi connectivity index (χ0n) is 11.9. The molecule has 18 heavy (non-hydrogen) atoms. The van der Waals surface area contributed by atoms with E-state index in [9.17, 15) is 0 Å². The molecule has 0 saturated carbocycles. The van der Waals surface area contributed by atoms with Crippen LogP contribution in [0.15, 0.2) is 28.7 Å². The summed E-state index contributed by atoms with van der Waals surface area (Å²) in [4.78, 5) is 2.50. The molecule has 102 valence electrons. The maximum Gasteiger partial charge on any atom is 0.0329 e. The fourth-order valence-electron chi connectivity index (χ4n) is 2.25. The van der Waals surface area contributed by atoms with E-state index in [-0.39, 0.29) is 0 Å². The van der Waals surface area contributed by atoms with Crippen LogP contribution in [0.5, 0.6) is 0 Å². The summed E-state index contributed by atoms with van der Waals surface area (Å²) in [6.45, 7) is 9.01. The third kappa shape index (κ3) is 4.71. The maximum atomic E-state index is 3.48. The summed E-state index contributed by atoms with van der Waals surface area (Å²) in [5.74, 6) is 0. The Morgan fingerprint density at radius 3 is 2.28 bits per heavy atom. The fourth-order valence-corrected chi connectivity index (χ4v) is 2.51. The molecule has 0 fully saturated rings. The van der Waals surface area contributed by atoms with E-state index >= 15 is 0 Å². The number of nitrogens with zero attached hydrogens (tertiary/aromatic N) is 1. The monoisotopic (exact) mass is 312 g/mol. The molecule has 1 aromatic rings. The van der Waals surface area contributed by atoms with Crippen LogP contribution in [0.1, 0.15) is 38.8 Å². The van der Waals surface area contributed by atoms with E-state index in [2.05, 4.69) is 71.2 Å². The van der Waals surface area contributed by atoms with Gasteiger partial charge in [-0.15, -0.1) is 0 Å². The molecule has 0 aliphatic carbocycles. The lowest BCUT2D eigenvalue weighted by Gasteiger charge is -2.27. The van der Waals surface area contributed by atoms with Crippen LogP contribution in [0.3, 0.4) is 0 Å². The molecule has 0 aliphatic heterocycles. The van der Waals surface area contributed by atoms with Gasteiger partial charge in [0.15, 0.2) is 0 Å². The standard InChI is InChI=1S/C15H25BrN2/c1-5-18(12(2)3)11-10-15(17-4)13-6-8-14(16)9-7-13/h6-9,12,15,17H,5,10-11H2,1-4H3. The molecule has 0 aromatic heterocycles. The first-order valence-electron chi connectivity index (χ1n) is 6.75. The molecule has 2 nitrogen and oxygen atoms in total. The van der Waals surface area contributed by atoms with E-state index in [0.29, 0.717) is 12.1 Å². The predicted octanol–water partition coefficient (Wildman–Crippen LogP) is 3.83. The topological polar surface area (TPSA) is 15.3 Å². The molecule has 0 aliphatic rings. The molecule has 0 amide bonds. The quantitative estimate of drug-likeness (QED) is 0.823. The molecular formula is C15H25BrN2. The summed E-state index contributed by atoms with van der Waals surface area (Å²) in [6, 6.07) is 9.66. The SMILES string of the molecule is CCN(CCC(NC)c1ccc(Br)cc1)C(C)C. The second-order valence-electron chi connectivity index (χ2n) is 4.90. The first-order valence-corrected chi connectivity index (χ1v) is 7.54. The summed E-state index contributed by atoms with van der Waals surface area (Å²) in [5, 5.41) is 3.41. The van der Waals surface area contributed by atoms with E-state index in [1.54, 1.807) is 0 Å². The molecule has 1 aromatic carbocycles. The third-order valence-corrected chi connectivity index (χ3v) is 3.99. The fraction of sp³-hybridized carbons (Fsp3) is 0.600. The van der Waals surface area contributed by atoms with E-state index in [1.807, 2.05) is 7.05 Å². The van der Waals surface area contributed by atoms with Crippen molar-refractivity contribution in [1.82, 2.24) is 10.2 Å². The number of benzene rings is 1.